The Morgan fingerprint density at radius 2 is 1.74 bits per heavy atom. The molecule has 6 rings (SSSR count). The molecule has 0 atom stereocenters. The van der Waals surface area contributed by atoms with Gasteiger partial charge in [-0.15, -0.1) is 0 Å². The average molecular weight is 648 g/mol. The fraction of sp³-hybridized carbons (Fsp3) is 0.618. The molecule has 1 spiro atoms. The number of allylic oxidation sites excluding steroid dienone is 1. The Hall–Kier alpha value is -3.38. The number of ether oxygens (including phenoxy) is 1. The lowest BCUT2D eigenvalue weighted by Crippen LogP contribution is -2.59. The number of halogens is 3. The Balaban J connectivity index is 0.000000908. The maximum absolute atomic E-state index is 14.4. The molecule has 12 heteroatoms. The number of aromatic nitrogens is 3. The predicted molar refractivity (Wildman–Crippen MR) is 179 cm³/mol. The van der Waals surface area contributed by atoms with E-state index in [0.29, 0.717) is 64.6 Å². The van der Waals surface area contributed by atoms with Gasteiger partial charge in [-0.05, 0) is 38.3 Å². The summed E-state index contributed by atoms with van der Waals surface area (Å²) in [5.74, 6) is 0.526. The molecule has 0 N–H and O–H groups in total. The summed E-state index contributed by atoms with van der Waals surface area (Å²) in [4.78, 5) is 24.9. The predicted octanol–water partition coefficient (Wildman–Crippen LogP) is 6.20. The molecule has 0 bridgehead atoms. The normalized spacial score (nSPS) is 19.1. The van der Waals surface area contributed by atoms with Crippen molar-refractivity contribution in [3.63, 3.8) is 0 Å². The van der Waals surface area contributed by atoms with Crippen molar-refractivity contribution in [1.82, 2.24) is 24.6 Å². The second-order valence-corrected chi connectivity index (χ2v) is 11.1. The summed E-state index contributed by atoms with van der Waals surface area (Å²) in [6.07, 6.45) is 5.59. The first-order valence-electron chi connectivity index (χ1n) is 16.5. The van der Waals surface area contributed by atoms with E-state index in [1.807, 2.05) is 46.9 Å². The third-order valence-electron chi connectivity index (χ3n) is 8.84. The lowest BCUT2D eigenvalue weighted by Gasteiger charge is -2.47. The van der Waals surface area contributed by atoms with E-state index in [-0.39, 0.29) is 17.6 Å². The molecule has 3 saturated heterocycles. The van der Waals surface area contributed by atoms with Crippen LogP contribution in [0, 0.1) is 6.92 Å². The van der Waals surface area contributed by atoms with Crippen LogP contribution in [0.5, 0.6) is 0 Å². The van der Waals surface area contributed by atoms with Crippen molar-refractivity contribution < 1.29 is 22.7 Å². The number of pyridine rings is 1. The summed E-state index contributed by atoms with van der Waals surface area (Å²) < 4.78 is 46.7. The van der Waals surface area contributed by atoms with Crippen LogP contribution in [0.15, 0.2) is 31.0 Å². The van der Waals surface area contributed by atoms with Crippen molar-refractivity contribution in [2.24, 2.45) is 0 Å². The maximum atomic E-state index is 14.4. The van der Waals surface area contributed by atoms with Gasteiger partial charge in [-0.3, -0.25) is 18.8 Å². The SMILES string of the molecule is C=CC(=O)N1CCN(C2CN(c3cc(N4CCC5(CC4)OCCn4ncc(C)c45)nc(C(F)F)c3/C=C\C)C2)C1.CC.CC.CF. The molecule has 0 unspecified atom stereocenters. The van der Waals surface area contributed by atoms with E-state index in [0.717, 1.165) is 42.9 Å². The van der Waals surface area contributed by atoms with Gasteiger partial charge in [-0.2, -0.15) is 5.10 Å². The molecule has 3 fully saturated rings. The van der Waals surface area contributed by atoms with Gasteiger partial charge in [0, 0.05) is 62.6 Å². The molecule has 4 aliphatic rings. The van der Waals surface area contributed by atoms with Gasteiger partial charge in [0.25, 0.3) is 6.43 Å². The topological polar surface area (TPSA) is 70.0 Å². The molecule has 2 aromatic heterocycles. The van der Waals surface area contributed by atoms with Gasteiger partial charge in [0.1, 0.15) is 17.1 Å². The van der Waals surface area contributed by atoms with Gasteiger partial charge in [-0.1, -0.05) is 46.4 Å². The highest BCUT2D eigenvalue weighted by molar-refractivity contribution is 5.87. The average Bonchev–Trinajstić information content (AvgIpc) is 3.72. The minimum Gasteiger partial charge on any atom is -0.368 e. The first kappa shape index (κ1) is 37.1. The van der Waals surface area contributed by atoms with Crippen LogP contribution in [-0.4, -0.2) is 96.2 Å². The summed E-state index contributed by atoms with van der Waals surface area (Å²) in [5.41, 5.74) is 2.97. The molecular weight excluding hydrogens is 595 g/mol. The first-order valence-corrected chi connectivity index (χ1v) is 16.5. The number of rotatable bonds is 6. The highest BCUT2D eigenvalue weighted by atomic mass is 19.3. The molecule has 46 heavy (non-hydrogen) atoms. The maximum Gasteiger partial charge on any atom is 0.281 e. The molecule has 0 radical (unpaired) electrons. The van der Waals surface area contributed by atoms with Crippen LogP contribution in [0.3, 0.4) is 0 Å². The number of alkyl halides is 3. The van der Waals surface area contributed by atoms with Crippen molar-refractivity contribution in [3.8, 4) is 0 Å². The number of aryl methyl sites for hydroxylation is 1. The van der Waals surface area contributed by atoms with Gasteiger partial charge >= 0.3 is 0 Å². The zero-order valence-electron chi connectivity index (χ0n) is 28.6. The summed E-state index contributed by atoms with van der Waals surface area (Å²) in [6, 6.07) is 2.24. The lowest BCUT2D eigenvalue weighted by atomic mass is 9.85. The number of nitrogens with zero attached hydrogens (tertiary/aromatic N) is 7. The lowest BCUT2D eigenvalue weighted by molar-refractivity contribution is -0.125. The second kappa shape index (κ2) is 17.0. The molecule has 256 valence electrons. The van der Waals surface area contributed by atoms with Crippen LogP contribution in [0.4, 0.5) is 24.7 Å². The van der Waals surface area contributed by atoms with Crippen molar-refractivity contribution in [3.05, 3.63) is 53.5 Å². The Bertz CT molecular complexity index is 1320. The standard InChI is InChI=1S/C29H37F2N7O2.2C2H6.CH3F/c1-4-6-22-23(37-17-21(18-37)35-11-12-36(19-35)25(39)5-2)15-24(33-26(22)28(30)31)34-9-7-29(8-10-34)27-20(3)16-32-38(27)13-14-40-29;3*1-2/h4-6,15-16,21,28H,2,7-14,17-19H2,1,3H3;2*1-2H3;1H3/b6-4-;;;. The second-order valence-electron chi connectivity index (χ2n) is 11.1. The summed E-state index contributed by atoms with van der Waals surface area (Å²) in [5, 5.41) is 4.53. The monoisotopic (exact) mass is 647 g/mol. The third-order valence-corrected chi connectivity index (χ3v) is 8.84. The highest BCUT2D eigenvalue weighted by Crippen LogP contribution is 2.43. The third kappa shape index (κ3) is 7.43. The van der Waals surface area contributed by atoms with Crippen LogP contribution in [0.1, 0.15) is 76.4 Å². The van der Waals surface area contributed by atoms with E-state index in [2.05, 4.69) is 43.0 Å². The van der Waals surface area contributed by atoms with Crippen molar-refractivity contribution >= 4 is 23.5 Å². The molecular formula is C34H52F3N7O2. The van der Waals surface area contributed by atoms with E-state index in [9.17, 15) is 18.0 Å². The van der Waals surface area contributed by atoms with E-state index in [1.54, 1.807) is 17.1 Å². The number of piperidine rings is 1. The minimum atomic E-state index is -2.69. The first-order chi connectivity index (χ1) is 22.3. The molecule has 1 amide bonds. The van der Waals surface area contributed by atoms with Crippen LogP contribution in [0.25, 0.3) is 6.08 Å². The summed E-state index contributed by atoms with van der Waals surface area (Å²) in [6.45, 7) is 21.7. The van der Waals surface area contributed by atoms with Gasteiger partial charge in [0.05, 0.1) is 38.9 Å². The Morgan fingerprint density at radius 1 is 1.07 bits per heavy atom. The van der Waals surface area contributed by atoms with E-state index < -0.39 is 12.0 Å². The molecule has 4 aliphatic heterocycles. The molecule has 0 aliphatic carbocycles. The molecule has 0 saturated carbocycles. The van der Waals surface area contributed by atoms with Gasteiger partial charge in [0.15, 0.2) is 0 Å². The summed E-state index contributed by atoms with van der Waals surface area (Å²) >= 11 is 0. The van der Waals surface area contributed by atoms with E-state index in [4.69, 9.17) is 4.74 Å². The zero-order valence-corrected chi connectivity index (χ0v) is 28.6. The number of fused-ring (bicyclic) bond motifs is 2. The summed E-state index contributed by atoms with van der Waals surface area (Å²) in [7, 11) is 0.500. The van der Waals surface area contributed by atoms with Crippen LogP contribution >= 0.6 is 0 Å². The van der Waals surface area contributed by atoms with Crippen LogP contribution in [-0.2, 0) is 21.7 Å². The van der Waals surface area contributed by atoms with Crippen molar-refractivity contribution in [1.29, 1.82) is 0 Å². The van der Waals surface area contributed by atoms with Gasteiger partial charge < -0.3 is 19.4 Å². The number of carbonyl (C=O) groups excluding carboxylic acids is 1. The largest absolute Gasteiger partial charge is 0.368 e. The van der Waals surface area contributed by atoms with Crippen molar-refractivity contribution in [2.75, 3.05) is 69.5 Å². The number of anilines is 2. The molecule has 0 aromatic carbocycles. The molecule has 6 heterocycles. The van der Waals surface area contributed by atoms with Crippen LogP contribution < -0.4 is 9.80 Å². The number of carbonyl (C=O) groups is 1. The molecule has 2 aromatic rings. The van der Waals surface area contributed by atoms with E-state index >= 15 is 0 Å². The Labute approximate surface area is 272 Å². The number of hydrogen-bond acceptors (Lipinski definition) is 7. The fourth-order valence-electron chi connectivity index (χ4n) is 6.69. The molecule has 9 nitrogen and oxygen atoms in total. The fourth-order valence-corrected chi connectivity index (χ4v) is 6.69. The van der Waals surface area contributed by atoms with E-state index in [1.165, 1.54) is 6.08 Å². The quantitative estimate of drug-likeness (QED) is 0.346. The Morgan fingerprint density at radius 3 is 2.35 bits per heavy atom. The number of hydrogen-bond donors (Lipinski definition) is 0. The Kier molecular flexibility index (Phi) is 13.7. The van der Waals surface area contributed by atoms with Crippen LogP contribution in [0.2, 0.25) is 0 Å². The van der Waals surface area contributed by atoms with Gasteiger partial charge in [-0.25, -0.2) is 13.8 Å². The highest BCUT2D eigenvalue weighted by Gasteiger charge is 2.44. The van der Waals surface area contributed by atoms with Gasteiger partial charge in [0.2, 0.25) is 5.91 Å². The minimum absolute atomic E-state index is 0.0593. The number of amides is 1. The zero-order chi connectivity index (χ0) is 34.0. The van der Waals surface area contributed by atoms with Crippen molar-refractivity contribution in [2.45, 2.75) is 79.0 Å². The smallest absolute Gasteiger partial charge is 0.281 e.